The van der Waals surface area contributed by atoms with Crippen LogP contribution in [0.15, 0.2) is 47.6 Å². The van der Waals surface area contributed by atoms with Crippen molar-refractivity contribution in [1.29, 1.82) is 0 Å². The lowest BCUT2D eigenvalue weighted by Gasteiger charge is -2.11. The van der Waals surface area contributed by atoms with E-state index in [9.17, 15) is 9.59 Å². The van der Waals surface area contributed by atoms with Crippen molar-refractivity contribution in [3.63, 3.8) is 0 Å². The number of anilines is 1. The second kappa shape index (κ2) is 8.66. The van der Waals surface area contributed by atoms with Crippen LogP contribution >= 0.6 is 11.8 Å². The van der Waals surface area contributed by atoms with E-state index in [2.05, 4.69) is 20.8 Å². The maximum absolute atomic E-state index is 12.4. The number of rotatable bonds is 7. The van der Waals surface area contributed by atoms with Gasteiger partial charge in [-0.1, -0.05) is 30.0 Å². The number of carbonyl (C=O) groups is 2. The number of para-hydroxylation sites is 1. The van der Waals surface area contributed by atoms with Crippen LogP contribution in [0.3, 0.4) is 0 Å². The highest BCUT2D eigenvalue weighted by atomic mass is 32.2. The van der Waals surface area contributed by atoms with E-state index in [0.717, 1.165) is 5.56 Å². The van der Waals surface area contributed by atoms with Gasteiger partial charge >= 0.3 is 0 Å². The van der Waals surface area contributed by atoms with E-state index in [0.29, 0.717) is 27.8 Å². The van der Waals surface area contributed by atoms with Gasteiger partial charge < -0.3 is 10.1 Å². The Bertz CT molecular complexity index is 1020. The Kier molecular flexibility index (Phi) is 6.05. The van der Waals surface area contributed by atoms with Gasteiger partial charge in [0.2, 0.25) is 11.1 Å². The molecule has 1 aromatic heterocycles. The standard InChI is InChI=1S/C19H19N5O3S/c1-12-8-9-17(27-3)16(10-12)24-19(21-22-23-24)28-11-18(26)20-15-7-5-4-6-14(15)13(2)25/h4-10H,11H2,1-3H3,(H,20,26). The number of aromatic nitrogens is 4. The van der Waals surface area contributed by atoms with Gasteiger partial charge in [-0.15, -0.1) is 5.10 Å². The fourth-order valence-electron chi connectivity index (χ4n) is 2.60. The van der Waals surface area contributed by atoms with E-state index >= 15 is 0 Å². The number of tetrazole rings is 1. The molecule has 0 saturated heterocycles. The number of ketones is 1. The number of ether oxygens (including phenoxy) is 1. The van der Waals surface area contributed by atoms with Crippen molar-refractivity contribution in [2.24, 2.45) is 0 Å². The third kappa shape index (κ3) is 4.37. The third-order valence-corrected chi connectivity index (χ3v) is 4.84. The fraction of sp³-hybridized carbons (Fsp3) is 0.211. The van der Waals surface area contributed by atoms with Crippen LogP contribution in [0, 0.1) is 6.92 Å². The number of methoxy groups -OCH3 is 1. The molecule has 2 aromatic carbocycles. The van der Waals surface area contributed by atoms with Crippen LogP contribution in [0.1, 0.15) is 22.8 Å². The Balaban J connectivity index is 1.74. The molecule has 0 aliphatic rings. The molecule has 9 heteroatoms. The van der Waals surface area contributed by atoms with Crippen molar-refractivity contribution in [2.75, 3.05) is 18.2 Å². The number of thioether (sulfide) groups is 1. The van der Waals surface area contributed by atoms with Gasteiger partial charge in [-0.05, 0) is 54.1 Å². The Morgan fingerprint density at radius 3 is 2.75 bits per heavy atom. The molecule has 8 nitrogen and oxygen atoms in total. The molecule has 3 aromatic rings. The molecule has 0 unspecified atom stereocenters. The average molecular weight is 397 g/mol. The van der Waals surface area contributed by atoms with Crippen LogP contribution in [0.4, 0.5) is 5.69 Å². The number of hydrogen-bond acceptors (Lipinski definition) is 7. The highest BCUT2D eigenvalue weighted by Gasteiger charge is 2.16. The number of carbonyl (C=O) groups excluding carboxylic acids is 2. The van der Waals surface area contributed by atoms with Crippen LogP contribution in [0.25, 0.3) is 5.69 Å². The monoisotopic (exact) mass is 397 g/mol. The Hall–Kier alpha value is -3.20. The van der Waals surface area contributed by atoms with Crippen LogP contribution < -0.4 is 10.1 Å². The SMILES string of the molecule is COc1ccc(C)cc1-n1nnnc1SCC(=O)Nc1ccccc1C(C)=O. The summed E-state index contributed by atoms with van der Waals surface area (Å²) >= 11 is 1.19. The minimum Gasteiger partial charge on any atom is -0.494 e. The largest absolute Gasteiger partial charge is 0.494 e. The quantitative estimate of drug-likeness (QED) is 0.483. The van der Waals surface area contributed by atoms with Crippen LogP contribution in [0.5, 0.6) is 5.75 Å². The molecular weight excluding hydrogens is 378 g/mol. The molecule has 3 rings (SSSR count). The third-order valence-electron chi connectivity index (χ3n) is 3.92. The van der Waals surface area contributed by atoms with E-state index in [4.69, 9.17) is 4.74 Å². The van der Waals surface area contributed by atoms with E-state index in [-0.39, 0.29) is 17.4 Å². The molecule has 0 radical (unpaired) electrons. The summed E-state index contributed by atoms with van der Waals surface area (Å²) in [6, 6.07) is 12.6. The molecule has 0 atom stereocenters. The number of nitrogens with zero attached hydrogens (tertiary/aromatic N) is 4. The first-order valence-electron chi connectivity index (χ1n) is 8.45. The predicted octanol–water partition coefficient (Wildman–Crippen LogP) is 2.91. The number of amides is 1. The average Bonchev–Trinajstić information content (AvgIpc) is 3.15. The summed E-state index contributed by atoms with van der Waals surface area (Å²) in [7, 11) is 1.57. The van der Waals surface area contributed by atoms with Gasteiger partial charge in [0, 0.05) is 5.56 Å². The number of benzene rings is 2. The van der Waals surface area contributed by atoms with Crippen molar-refractivity contribution < 1.29 is 14.3 Å². The first-order chi connectivity index (χ1) is 13.5. The molecular formula is C19H19N5O3S. The minimum atomic E-state index is -0.260. The predicted molar refractivity (Wildman–Crippen MR) is 106 cm³/mol. The van der Waals surface area contributed by atoms with Gasteiger partial charge in [0.25, 0.3) is 0 Å². The van der Waals surface area contributed by atoms with Gasteiger partial charge in [0.1, 0.15) is 11.4 Å². The molecule has 0 saturated carbocycles. The minimum absolute atomic E-state index is 0.0841. The number of nitrogens with one attached hydrogen (secondary N) is 1. The topological polar surface area (TPSA) is 99.0 Å². The summed E-state index contributed by atoms with van der Waals surface area (Å²) in [5.74, 6) is 0.337. The van der Waals surface area contributed by atoms with Gasteiger partial charge in [-0.3, -0.25) is 9.59 Å². The highest BCUT2D eigenvalue weighted by molar-refractivity contribution is 7.99. The lowest BCUT2D eigenvalue weighted by atomic mass is 10.1. The lowest BCUT2D eigenvalue weighted by Crippen LogP contribution is -2.16. The van der Waals surface area contributed by atoms with E-state index < -0.39 is 0 Å². The highest BCUT2D eigenvalue weighted by Crippen LogP contribution is 2.27. The van der Waals surface area contributed by atoms with Crippen LogP contribution in [-0.2, 0) is 4.79 Å². The molecule has 0 bridgehead atoms. The molecule has 1 N–H and O–H groups in total. The van der Waals surface area contributed by atoms with Crippen LogP contribution in [0.2, 0.25) is 0 Å². The van der Waals surface area contributed by atoms with Crippen LogP contribution in [-0.4, -0.2) is 44.8 Å². The summed E-state index contributed by atoms with van der Waals surface area (Å²) in [4.78, 5) is 24.0. The molecule has 0 aliphatic carbocycles. The number of Topliss-reactive ketones (excluding diaryl/α,β-unsaturated/α-hetero) is 1. The maximum atomic E-state index is 12.4. The first-order valence-corrected chi connectivity index (χ1v) is 9.44. The van der Waals surface area contributed by atoms with Gasteiger partial charge in [0.15, 0.2) is 5.78 Å². The summed E-state index contributed by atoms with van der Waals surface area (Å²) in [5, 5.41) is 14.9. The van der Waals surface area contributed by atoms with Gasteiger partial charge in [-0.2, -0.15) is 4.68 Å². The second-order valence-electron chi connectivity index (χ2n) is 5.99. The number of hydrogen-bond donors (Lipinski definition) is 1. The molecule has 28 heavy (non-hydrogen) atoms. The molecule has 0 fully saturated rings. The van der Waals surface area contributed by atoms with Crippen molar-refractivity contribution in [2.45, 2.75) is 19.0 Å². The molecule has 144 valence electrons. The van der Waals surface area contributed by atoms with E-state index in [1.54, 1.807) is 31.4 Å². The van der Waals surface area contributed by atoms with E-state index in [1.807, 2.05) is 25.1 Å². The molecule has 0 spiro atoms. The van der Waals surface area contributed by atoms with Gasteiger partial charge in [-0.25, -0.2) is 0 Å². The zero-order valence-corrected chi connectivity index (χ0v) is 16.5. The van der Waals surface area contributed by atoms with Crippen molar-refractivity contribution in [1.82, 2.24) is 20.2 Å². The van der Waals surface area contributed by atoms with Crippen molar-refractivity contribution in [3.8, 4) is 11.4 Å². The maximum Gasteiger partial charge on any atom is 0.234 e. The summed E-state index contributed by atoms with van der Waals surface area (Å²) in [6.07, 6.45) is 0. The van der Waals surface area contributed by atoms with Crippen molar-refractivity contribution in [3.05, 3.63) is 53.6 Å². The zero-order chi connectivity index (χ0) is 20.1. The second-order valence-corrected chi connectivity index (χ2v) is 6.93. The smallest absolute Gasteiger partial charge is 0.234 e. The van der Waals surface area contributed by atoms with Crippen molar-refractivity contribution >= 4 is 29.1 Å². The summed E-state index contributed by atoms with van der Waals surface area (Å²) in [5.41, 5.74) is 2.67. The lowest BCUT2D eigenvalue weighted by molar-refractivity contribution is -0.113. The Labute approximate surface area is 166 Å². The van der Waals surface area contributed by atoms with Gasteiger partial charge in [0.05, 0.1) is 18.6 Å². The molecule has 0 aliphatic heterocycles. The Morgan fingerprint density at radius 2 is 2.00 bits per heavy atom. The molecule has 1 heterocycles. The number of aryl methyl sites for hydroxylation is 1. The Morgan fingerprint density at radius 1 is 1.21 bits per heavy atom. The first kappa shape index (κ1) is 19.6. The fourth-order valence-corrected chi connectivity index (χ4v) is 3.28. The van der Waals surface area contributed by atoms with E-state index in [1.165, 1.54) is 23.4 Å². The normalized spacial score (nSPS) is 10.5. The zero-order valence-electron chi connectivity index (χ0n) is 15.7. The molecule has 1 amide bonds. The summed E-state index contributed by atoms with van der Waals surface area (Å²) < 4.78 is 6.92. The summed E-state index contributed by atoms with van der Waals surface area (Å²) in [6.45, 7) is 3.42.